The predicted molar refractivity (Wildman–Crippen MR) is 51.9 cm³/mol. The molecule has 0 aliphatic carbocycles. The van der Waals surface area contributed by atoms with Crippen molar-refractivity contribution in [1.82, 2.24) is 0 Å². The topological polar surface area (TPSA) is 80.4 Å². The molecule has 0 saturated carbocycles. The number of benzene rings is 1. The van der Waals surface area contributed by atoms with Crippen LogP contribution in [0, 0.1) is 0 Å². The fourth-order valence-corrected chi connectivity index (χ4v) is 1.44. The van der Waals surface area contributed by atoms with Crippen molar-refractivity contribution in [2.75, 3.05) is 5.73 Å². The van der Waals surface area contributed by atoms with E-state index in [2.05, 4.69) is 0 Å². The molecule has 0 aliphatic rings. The van der Waals surface area contributed by atoms with Crippen LogP contribution in [-0.2, 0) is 10.1 Å². The third-order valence-corrected chi connectivity index (χ3v) is 3.02. The van der Waals surface area contributed by atoms with E-state index in [0.717, 1.165) is 0 Å². The summed E-state index contributed by atoms with van der Waals surface area (Å²) < 4.78 is 30.2. The zero-order valence-electron chi connectivity index (χ0n) is 9.14. The summed E-state index contributed by atoms with van der Waals surface area (Å²) >= 11 is 0. The Morgan fingerprint density at radius 1 is 1.36 bits per heavy atom. The number of anilines is 1. The van der Waals surface area contributed by atoms with Crippen molar-refractivity contribution in [3.63, 3.8) is 0 Å². The molecular weight excluding hydrogens is 213 g/mol. The Bertz CT molecular complexity index is 393. The van der Waals surface area contributed by atoms with Gasteiger partial charge >= 0.3 is 29.6 Å². The van der Waals surface area contributed by atoms with Gasteiger partial charge in [0.15, 0.2) is 0 Å². The smallest absolute Gasteiger partial charge is 1.00 e. The quantitative estimate of drug-likeness (QED) is 0.358. The molecule has 0 bridgehead atoms. The van der Waals surface area contributed by atoms with Crippen molar-refractivity contribution in [3.05, 3.63) is 29.8 Å². The van der Waals surface area contributed by atoms with Crippen molar-refractivity contribution in [1.29, 1.82) is 0 Å². The summed E-state index contributed by atoms with van der Waals surface area (Å²) in [4.78, 5) is 0. The third kappa shape index (κ3) is 3.59. The Kier molecular flexibility index (Phi) is 5.11. The maximum Gasteiger partial charge on any atom is 1.00 e. The monoisotopic (exact) mass is 225 g/mol. The van der Waals surface area contributed by atoms with Gasteiger partial charge in [0, 0.05) is 5.69 Å². The first-order chi connectivity index (χ1) is 5.91. The van der Waals surface area contributed by atoms with E-state index in [1.807, 2.05) is 0 Å². The molecule has 0 radical (unpaired) electrons. The van der Waals surface area contributed by atoms with Crippen LogP contribution in [0.5, 0.6) is 0 Å². The standard InChI is InChI=1S/C8H11NO3S.Na.H/c1-6(13(10,11)12)7-2-4-8(9)5-3-7;;/h2-6H,9H2,1H3,(H,10,11,12);;/q;+1;-1. The van der Waals surface area contributed by atoms with Gasteiger partial charge in [0.05, 0.1) is 0 Å². The van der Waals surface area contributed by atoms with Crippen LogP contribution in [0.25, 0.3) is 0 Å². The molecule has 0 aliphatic heterocycles. The summed E-state index contributed by atoms with van der Waals surface area (Å²) in [6.45, 7) is 1.42. The summed E-state index contributed by atoms with van der Waals surface area (Å²) in [5.41, 5.74) is 6.51. The fraction of sp³-hybridized carbons (Fsp3) is 0.250. The molecule has 1 rings (SSSR count). The average Bonchev–Trinajstić information content (AvgIpc) is 2.03. The van der Waals surface area contributed by atoms with Crippen LogP contribution in [0.15, 0.2) is 24.3 Å². The second-order valence-electron chi connectivity index (χ2n) is 2.82. The van der Waals surface area contributed by atoms with E-state index in [1.54, 1.807) is 24.3 Å². The van der Waals surface area contributed by atoms with E-state index < -0.39 is 15.4 Å². The Morgan fingerprint density at radius 2 is 1.79 bits per heavy atom. The molecule has 1 aromatic carbocycles. The molecule has 0 amide bonds. The maximum atomic E-state index is 10.7. The van der Waals surface area contributed by atoms with E-state index in [9.17, 15) is 8.42 Å². The molecule has 0 spiro atoms. The van der Waals surface area contributed by atoms with Crippen LogP contribution in [0.4, 0.5) is 5.69 Å². The number of hydrogen-bond acceptors (Lipinski definition) is 3. The van der Waals surface area contributed by atoms with Crippen LogP contribution < -0.4 is 35.3 Å². The molecular formula is C8H12NNaO3S. The van der Waals surface area contributed by atoms with E-state index in [4.69, 9.17) is 10.3 Å². The van der Waals surface area contributed by atoms with E-state index in [1.165, 1.54) is 6.92 Å². The van der Waals surface area contributed by atoms with Gasteiger partial charge < -0.3 is 7.16 Å². The van der Waals surface area contributed by atoms with Gasteiger partial charge in [-0.05, 0) is 24.6 Å². The molecule has 3 N–H and O–H groups in total. The van der Waals surface area contributed by atoms with Crippen LogP contribution in [-0.4, -0.2) is 13.0 Å². The second kappa shape index (κ2) is 5.14. The summed E-state index contributed by atoms with van der Waals surface area (Å²) in [5.74, 6) is 0. The first-order valence-corrected chi connectivity index (χ1v) is 5.23. The van der Waals surface area contributed by atoms with Gasteiger partial charge in [0.2, 0.25) is 0 Å². The zero-order chi connectivity index (χ0) is 10.1. The Morgan fingerprint density at radius 3 is 2.14 bits per heavy atom. The summed E-state index contributed by atoms with van der Waals surface area (Å²) in [6.07, 6.45) is 0. The van der Waals surface area contributed by atoms with Crippen molar-refractivity contribution in [2.45, 2.75) is 12.2 Å². The van der Waals surface area contributed by atoms with Crippen LogP contribution >= 0.6 is 0 Å². The van der Waals surface area contributed by atoms with Crippen LogP contribution in [0.1, 0.15) is 19.2 Å². The minimum absolute atomic E-state index is 0. The molecule has 1 atom stereocenters. The molecule has 74 valence electrons. The van der Waals surface area contributed by atoms with Crippen molar-refractivity contribution in [2.24, 2.45) is 0 Å². The van der Waals surface area contributed by atoms with Gasteiger partial charge in [-0.2, -0.15) is 8.42 Å². The minimum atomic E-state index is -4.01. The molecule has 0 fully saturated rings. The first kappa shape index (κ1) is 13.9. The largest absolute Gasteiger partial charge is 1.00 e. The molecule has 0 aromatic heterocycles. The van der Waals surface area contributed by atoms with Gasteiger partial charge in [0.25, 0.3) is 10.1 Å². The van der Waals surface area contributed by atoms with Gasteiger partial charge in [-0.15, -0.1) is 0 Å². The van der Waals surface area contributed by atoms with Crippen molar-refractivity contribution >= 4 is 15.8 Å². The van der Waals surface area contributed by atoms with Gasteiger partial charge in [-0.25, -0.2) is 0 Å². The zero-order valence-corrected chi connectivity index (χ0v) is 11.0. The van der Waals surface area contributed by atoms with Crippen LogP contribution in [0.2, 0.25) is 0 Å². The summed E-state index contributed by atoms with van der Waals surface area (Å²) in [7, 11) is -4.01. The molecule has 0 heterocycles. The molecule has 1 aromatic rings. The average molecular weight is 225 g/mol. The number of nitrogen functional groups attached to an aromatic ring is 1. The molecule has 1 unspecified atom stereocenters. The minimum Gasteiger partial charge on any atom is -1.00 e. The molecule has 14 heavy (non-hydrogen) atoms. The molecule has 0 saturated heterocycles. The maximum absolute atomic E-state index is 10.7. The predicted octanol–water partition coefficient (Wildman–Crippen LogP) is -1.67. The normalized spacial score (nSPS) is 13.0. The third-order valence-electron chi connectivity index (χ3n) is 1.85. The molecule has 4 nitrogen and oxygen atoms in total. The molecule has 6 heteroatoms. The Labute approximate surface area is 107 Å². The van der Waals surface area contributed by atoms with E-state index in [-0.39, 0.29) is 31.0 Å². The summed E-state index contributed by atoms with van der Waals surface area (Å²) in [5, 5.41) is -0.909. The van der Waals surface area contributed by atoms with Crippen molar-refractivity contribution in [3.8, 4) is 0 Å². The Balaban J connectivity index is 0. The number of hydrogen-bond donors (Lipinski definition) is 2. The number of rotatable bonds is 2. The summed E-state index contributed by atoms with van der Waals surface area (Å²) in [6, 6.07) is 6.34. The van der Waals surface area contributed by atoms with Crippen molar-refractivity contribution < 1.29 is 44.0 Å². The van der Waals surface area contributed by atoms with Gasteiger partial charge in [-0.1, -0.05) is 12.1 Å². The van der Waals surface area contributed by atoms with E-state index >= 15 is 0 Å². The number of nitrogens with two attached hydrogens (primary N) is 1. The first-order valence-electron chi connectivity index (χ1n) is 3.73. The van der Waals surface area contributed by atoms with Gasteiger partial charge in [-0.3, -0.25) is 4.55 Å². The van der Waals surface area contributed by atoms with Gasteiger partial charge in [0.1, 0.15) is 5.25 Å². The Hall–Kier alpha value is -0.0700. The van der Waals surface area contributed by atoms with E-state index in [0.29, 0.717) is 11.3 Å². The fourth-order valence-electron chi connectivity index (χ4n) is 0.939. The second-order valence-corrected chi connectivity index (χ2v) is 4.56. The van der Waals surface area contributed by atoms with Crippen LogP contribution in [0.3, 0.4) is 0 Å². The SMILES string of the molecule is CC(c1ccc(N)cc1)S(=O)(=O)O.[H-].[Na+].